The van der Waals surface area contributed by atoms with Crippen molar-refractivity contribution in [2.24, 2.45) is 0 Å². The van der Waals surface area contributed by atoms with Gasteiger partial charge in [0.2, 0.25) is 0 Å². The number of hydrogen-bond donors (Lipinski definition) is 1. The van der Waals surface area contributed by atoms with Gasteiger partial charge in [-0.2, -0.15) is 0 Å². The van der Waals surface area contributed by atoms with Gasteiger partial charge in [-0.15, -0.1) is 0 Å². The summed E-state index contributed by atoms with van der Waals surface area (Å²) in [4.78, 5) is 37.8. The fraction of sp³-hybridized carbons (Fsp3) is 0.250. The van der Waals surface area contributed by atoms with Crippen LogP contribution in [-0.4, -0.2) is 42.8 Å². The monoisotopic (exact) mass is 492 g/mol. The van der Waals surface area contributed by atoms with Crippen LogP contribution in [0.3, 0.4) is 0 Å². The molecule has 0 amide bonds. The summed E-state index contributed by atoms with van der Waals surface area (Å²) in [5.41, 5.74) is 1.45. The highest BCUT2D eigenvalue weighted by molar-refractivity contribution is 5.97. The Morgan fingerprint density at radius 2 is 1.36 bits per heavy atom. The van der Waals surface area contributed by atoms with Crippen molar-refractivity contribution in [3.63, 3.8) is 0 Å². The van der Waals surface area contributed by atoms with Gasteiger partial charge in [0.15, 0.2) is 0 Å². The number of rotatable bonds is 11. The number of aliphatic hydroxyl groups is 1. The van der Waals surface area contributed by atoms with E-state index in [9.17, 15) is 14.4 Å². The molecule has 0 atom stereocenters. The number of carbonyl (C=O) groups excluding carboxylic acids is 3. The van der Waals surface area contributed by atoms with Gasteiger partial charge in [0.05, 0.1) is 24.3 Å². The maximum Gasteiger partial charge on any atom is 0.343 e. The van der Waals surface area contributed by atoms with E-state index < -0.39 is 17.9 Å². The second kappa shape index (κ2) is 13.1. The van der Waals surface area contributed by atoms with Crippen molar-refractivity contribution in [3.05, 3.63) is 89.0 Å². The molecule has 0 saturated carbocycles. The van der Waals surface area contributed by atoms with Crippen LogP contribution < -0.4 is 14.2 Å². The summed E-state index contributed by atoms with van der Waals surface area (Å²) < 4.78 is 21.4. The van der Waals surface area contributed by atoms with Crippen LogP contribution in [0.4, 0.5) is 0 Å². The molecule has 0 fully saturated rings. The quantitative estimate of drug-likeness (QED) is 0.232. The molecular weight excluding hydrogens is 464 g/mol. The Morgan fingerprint density at radius 1 is 0.750 bits per heavy atom. The lowest BCUT2D eigenvalue weighted by Crippen LogP contribution is -2.15. The van der Waals surface area contributed by atoms with E-state index in [1.54, 1.807) is 48.5 Å². The van der Waals surface area contributed by atoms with Crippen molar-refractivity contribution in [1.82, 2.24) is 0 Å². The SMILES string of the molecule is CCCCOc1ccc(C(=O)Oc2ccc(OC(=O)c3ccc(C)cc3)cc2C(=O)OCCO)cc1. The molecule has 0 aliphatic carbocycles. The zero-order valence-corrected chi connectivity index (χ0v) is 20.2. The molecule has 0 aliphatic rings. The minimum atomic E-state index is -0.847. The van der Waals surface area contributed by atoms with Gasteiger partial charge < -0.3 is 24.1 Å². The maximum atomic E-state index is 12.7. The Morgan fingerprint density at radius 3 is 2.00 bits per heavy atom. The van der Waals surface area contributed by atoms with E-state index in [4.69, 9.17) is 24.1 Å². The number of aryl methyl sites for hydroxylation is 1. The van der Waals surface area contributed by atoms with Gasteiger partial charge in [-0.3, -0.25) is 0 Å². The number of benzene rings is 3. The second-order valence-electron chi connectivity index (χ2n) is 7.89. The molecule has 3 aromatic carbocycles. The van der Waals surface area contributed by atoms with Crippen molar-refractivity contribution >= 4 is 17.9 Å². The van der Waals surface area contributed by atoms with Gasteiger partial charge in [-0.25, -0.2) is 14.4 Å². The number of carbonyl (C=O) groups is 3. The zero-order valence-electron chi connectivity index (χ0n) is 20.2. The van der Waals surface area contributed by atoms with Crippen LogP contribution in [0.1, 0.15) is 56.4 Å². The lowest BCUT2D eigenvalue weighted by atomic mass is 10.1. The zero-order chi connectivity index (χ0) is 25.9. The third-order valence-electron chi connectivity index (χ3n) is 5.05. The minimum Gasteiger partial charge on any atom is -0.494 e. The number of unbranched alkanes of at least 4 members (excludes halogenated alkanes) is 1. The molecule has 0 radical (unpaired) electrons. The summed E-state index contributed by atoms with van der Waals surface area (Å²) in [6.45, 7) is 3.92. The van der Waals surface area contributed by atoms with Gasteiger partial charge in [-0.1, -0.05) is 31.0 Å². The average molecular weight is 493 g/mol. The minimum absolute atomic E-state index is 0.0601. The van der Waals surface area contributed by atoms with E-state index in [0.29, 0.717) is 17.9 Å². The van der Waals surface area contributed by atoms with Gasteiger partial charge in [0.25, 0.3) is 0 Å². The van der Waals surface area contributed by atoms with Crippen molar-refractivity contribution < 1.29 is 38.4 Å². The first-order valence-corrected chi connectivity index (χ1v) is 11.6. The topological polar surface area (TPSA) is 108 Å². The Hall–Kier alpha value is -4.17. The summed E-state index contributed by atoms with van der Waals surface area (Å²) in [6.07, 6.45) is 1.94. The highest BCUT2D eigenvalue weighted by Crippen LogP contribution is 2.27. The van der Waals surface area contributed by atoms with Gasteiger partial charge in [0.1, 0.15) is 29.4 Å². The van der Waals surface area contributed by atoms with Crippen LogP contribution in [0.25, 0.3) is 0 Å². The summed E-state index contributed by atoms with van der Waals surface area (Å²) in [7, 11) is 0. The van der Waals surface area contributed by atoms with E-state index in [2.05, 4.69) is 6.92 Å². The highest BCUT2D eigenvalue weighted by atomic mass is 16.6. The van der Waals surface area contributed by atoms with E-state index >= 15 is 0 Å². The number of esters is 3. The van der Waals surface area contributed by atoms with E-state index in [1.165, 1.54) is 18.2 Å². The first-order valence-electron chi connectivity index (χ1n) is 11.6. The summed E-state index contributed by atoms with van der Waals surface area (Å²) in [5.74, 6) is -1.55. The van der Waals surface area contributed by atoms with Crippen LogP contribution in [-0.2, 0) is 4.74 Å². The summed E-state index contributed by atoms with van der Waals surface area (Å²) >= 11 is 0. The van der Waals surface area contributed by atoms with Crippen molar-refractivity contribution in [2.75, 3.05) is 19.8 Å². The maximum absolute atomic E-state index is 12.7. The number of ether oxygens (including phenoxy) is 4. The van der Waals surface area contributed by atoms with E-state index in [0.717, 1.165) is 18.4 Å². The Labute approximate surface area is 209 Å². The molecular formula is C28H28O8. The molecule has 0 unspecified atom stereocenters. The smallest absolute Gasteiger partial charge is 0.343 e. The van der Waals surface area contributed by atoms with Crippen molar-refractivity contribution in [1.29, 1.82) is 0 Å². The molecule has 0 spiro atoms. The van der Waals surface area contributed by atoms with Crippen LogP contribution >= 0.6 is 0 Å². The van der Waals surface area contributed by atoms with Gasteiger partial charge >= 0.3 is 17.9 Å². The molecule has 0 aliphatic heterocycles. The van der Waals surface area contributed by atoms with Gasteiger partial charge in [0, 0.05) is 0 Å². The van der Waals surface area contributed by atoms with Crippen LogP contribution in [0.5, 0.6) is 17.2 Å². The lowest BCUT2D eigenvalue weighted by Gasteiger charge is -2.12. The van der Waals surface area contributed by atoms with Crippen molar-refractivity contribution in [2.45, 2.75) is 26.7 Å². The van der Waals surface area contributed by atoms with Crippen molar-refractivity contribution in [3.8, 4) is 17.2 Å². The fourth-order valence-electron chi connectivity index (χ4n) is 3.07. The molecule has 0 heterocycles. The van der Waals surface area contributed by atoms with Crippen LogP contribution in [0.15, 0.2) is 66.7 Å². The molecule has 3 rings (SSSR count). The lowest BCUT2D eigenvalue weighted by molar-refractivity contribution is 0.0427. The largest absolute Gasteiger partial charge is 0.494 e. The third kappa shape index (κ3) is 7.41. The molecule has 3 aromatic rings. The Bertz CT molecular complexity index is 1180. The fourth-order valence-corrected chi connectivity index (χ4v) is 3.07. The standard InChI is InChI=1S/C28H28O8/c1-3-4-16-33-22-11-9-21(10-12-22)27(31)36-25-14-13-23(18-24(25)28(32)34-17-15-29)35-26(30)20-7-5-19(2)6-8-20/h5-14,18,29H,3-4,15-17H2,1-2H3. The molecule has 188 valence electrons. The predicted molar refractivity (Wildman–Crippen MR) is 132 cm³/mol. The normalized spacial score (nSPS) is 10.4. The Kier molecular flexibility index (Phi) is 9.59. The average Bonchev–Trinajstić information content (AvgIpc) is 2.89. The van der Waals surface area contributed by atoms with Crippen LogP contribution in [0, 0.1) is 6.92 Å². The summed E-state index contributed by atoms with van der Waals surface area (Å²) in [6, 6.07) is 17.3. The molecule has 0 bridgehead atoms. The predicted octanol–water partition coefficient (Wildman–Crippen LogP) is 4.76. The Balaban J connectivity index is 1.77. The third-order valence-corrected chi connectivity index (χ3v) is 5.05. The molecule has 0 saturated heterocycles. The molecule has 8 nitrogen and oxygen atoms in total. The molecule has 8 heteroatoms. The van der Waals surface area contributed by atoms with E-state index in [1.807, 2.05) is 6.92 Å². The van der Waals surface area contributed by atoms with Gasteiger partial charge in [-0.05, 0) is 67.9 Å². The number of hydrogen-bond acceptors (Lipinski definition) is 8. The summed E-state index contributed by atoms with van der Waals surface area (Å²) in [5, 5.41) is 8.99. The first-order chi connectivity index (χ1) is 17.4. The highest BCUT2D eigenvalue weighted by Gasteiger charge is 2.20. The van der Waals surface area contributed by atoms with Crippen LogP contribution in [0.2, 0.25) is 0 Å². The number of aliphatic hydroxyl groups excluding tert-OH is 1. The molecule has 1 N–H and O–H groups in total. The molecule has 36 heavy (non-hydrogen) atoms. The van der Waals surface area contributed by atoms with E-state index in [-0.39, 0.29) is 35.8 Å². The first kappa shape index (κ1) is 26.4. The molecule has 0 aromatic heterocycles. The second-order valence-corrected chi connectivity index (χ2v) is 7.89.